The summed E-state index contributed by atoms with van der Waals surface area (Å²) in [5, 5.41) is 17.1. The minimum Gasteiger partial charge on any atom is -0.334 e. The fraction of sp³-hybridized carbons (Fsp3) is 0.261. The van der Waals surface area contributed by atoms with Gasteiger partial charge in [-0.3, -0.25) is 9.88 Å². The Morgan fingerprint density at radius 2 is 2.14 bits per heavy atom. The molecule has 1 aromatic heterocycles. The minimum atomic E-state index is -0.190. The molecule has 6 heteroatoms. The van der Waals surface area contributed by atoms with Crippen molar-refractivity contribution in [2.24, 2.45) is 0 Å². The van der Waals surface area contributed by atoms with Crippen LogP contribution in [0.25, 0.3) is 10.8 Å². The van der Waals surface area contributed by atoms with Gasteiger partial charge in [-0.05, 0) is 43.2 Å². The van der Waals surface area contributed by atoms with Gasteiger partial charge in [0.05, 0.1) is 17.3 Å². The number of anilines is 1. The molecule has 0 bridgehead atoms. The number of nitriles is 1. The molecule has 1 aliphatic heterocycles. The molecule has 3 aromatic rings. The Morgan fingerprint density at radius 1 is 1.28 bits per heavy atom. The lowest BCUT2D eigenvalue weighted by atomic mass is 10.1. The molecule has 1 fully saturated rings. The highest BCUT2D eigenvalue weighted by Gasteiger charge is 2.24. The summed E-state index contributed by atoms with van der Waals surface area (Å²) in [4.78, 5) is 19.2. The molecule has 1 aliphatic rings. The van der Waals surface area contributed by atoms with Crippen LogP contribution < -0.4 is 10.6 Å². The first-order valence-electron chi connectivity index (χ1n) is 9.75. The summed E-state index contributed by atoms with van der Waals surface area (Å²) < 4.78 is 0. The van der Waals surface area contributed by atoms with Crippen LogP contribution in [0.2, 0.25) is 0 Å². The lowest BCUT2D eigenvalue weighted by molar-refractivity contribution is 0.247. The highest BCUT2D eigenvalue weighted by atomic mass is 16.2. The molecule has 1 saturated heterocycles. The maximum Gasteiger partial charge on any atom is 0.319 e. The van der Waals surface area contributed by atoms with Crippen molar-refractivity contribution in [1.29, 1.82) is 5.26 Å². The van der Waals surface area contributed by atoms with Gasteiger partial charge in [0, 0.05) is 48.3 Å². The summed E-state index contributed by atoms with van der Waals surface area (Å²) in [6.45, 7) is 4.43. The van der Waals surface area contributed by atoms with E-state index >= 15 is 0 Å². The molecule has 2 aromatic carbocycles. The van der Waals surface area contributed by atoms with Crippen LogP contribution in [0.5, 0.6) is 0 Å². The van der Waals surface area contributed by atoms with Crippen molar-refractivity contribution in [3.63, 3.8) is 0 Å². The van der Waals surface area contributed by atoms with Crippen molar-refractivity contribution in [2.45, 2.75) is 25.9 Å². The SMILES string of the molecule is Cc1cc2c(NC(=O)NC3CCN(Cc4cccc(C#N)c4)C3)cccc2cn1. The first kappa shape index (κ1) is 18.9. The number of benzene rings is 2. The van der Waals surface area contributed by atoms with Gasteiger partial charge in [0.15, 0.2) is 0 Å². The molecule has 2 N–H and O–H groups in total. The highest BCUT2D eigenvalue weighted by Crippen LogP contribution is 2.23. The molecule has 146 valence electrons. The standard InChI is InChI=1S/C23H23N5O/c1-16-10-21-19(13-25-16)6-3-7-22(21)27-23(29)26-20-8-9-28(15-20)14-18-5-2-4-17(11-18)12-24/h2-7,10-11,13,20H,8-9,14-15H2,1H3,(H2,26,27,29). The Morgan fingerprint density at radius 3 is 3.00 bits per heavy atom. The lowest BCUT2D eigenvalue weighted by Gasteiger charge is -2.17. The fourth-order valence-electron chi connectivity index (χ4n) is 3.82. The van der Waals surface area contributed by atoms with Crippen LogP contribution >= 0.6 is 0 Å². The molecular weight excluding hydrogens is 362 g/mol. The van der Waals surface area contributed by atoms with Crippen LogP contribution in [0.1, 0.15) is 23.2 Å². The average molecular weight is 385 g/mol. The number of carbonyl (C=O) groups excluding carboxylic acids is 1. The number of aromatic nitrogens is 1. The number of pyridine rings is 1. The monoisotopic (exact) mass is 385 g/mol. The Balaban J connectivity index is 1.35. The number of nitrogens with one attached hydrogen (secondary N) is 2. The van der Waals surface area contributed by atoms with Gasteiger partial charge in [-0.2, -0.15) is 5.26 Å². The van der Waals surface area contributed by atoms with Crippen LogP contribution in [0.3, 0.4) is 0 Å². The largest absolute Gasteiger partial charge is 0.334 e. The zero-order valence-corrected chi connectivity index (χ0v) is 16.4. The summed E-state index contributed by atoms with van der Waals surface area (Å²) in [5.74, 6) is 0. The van der Waals surface area contributed by atoms with Gasteiger partial charge >= 0.3 is 6.03 Å². The van der Waals surface area contributed by atoms with E-state index in [4.69, 9.17) is 5.26 Å². The predicted molar refractivity (Wildman–Crippen MR) is 113 cm³/mol. The van der Waals surface area contributed by atoms with Crippen molar-refractivity contribution in [1.82, 2.24) is 15.2 Å². The van der Waals surface area contributed by atoms with E-state index in [0.29, 0.717) is 5.56 Å². The number of hydrogen-bond acceptors (Lipinski definition) is 4. The second kappa shape index (κ2) is 8.29. The Hall–Kier alpha value is -3.43. The third-order valence-electron chi connectivity index (χ3n) is 5.22. The molecule has 6 nitrogen and oxygen atoms in total. The molecule has 0 spiro atoms. The Bertz CT molecular complexity index is 1090. The number of amides is 2. The first-order chi connectivity index (χ1) is 14.1. The van der Waals surface area contributed by atoms with Crippen LogP contribution in [0.4, 0.5) is 10.5 Å². The maximum atomic E-state index is 12.6. The molecule has 29 heavy (non-hydrogen) atoms. The zero-order valence-electron chi connectivity index (χ0n) is 16.4. The average Bonchev–Trinajstić information content (AvgIpc) is 3.15. The number of fused-ring (bicyclic) bond motifs is 1. The van der Waals surface area contributed by atoms with E-state index in [1.54, 1.807) is 0 Å². The number of aryl methyl sites for hydroxylation is 1. The van der Waals surface area contributed by atoms with E-state index in [-0.39, 0.29) is 12.1 Å². The summed E-state index contributed by atoms with van der Waals surface area (Å²) in [6, 6.07) is 17.6. The number of carbonyl (C=O) groups is 1. The van der Waals surface area contributed by atoms with Gasteiger partial charge in [-0.1, -0.05) is 24.3 Å². The molecule has 2 amide bonds. The molecular formula is C23H23N5O. The van der Waals surface area contributed by atoms with Crippen molar-refractivity contribution in [2.75, 3.05) is 18.4 Å². The number of nitrogens with zero attached hydrogens (tertiary/aromatic N) is 3. The summed E-state index contributed by atoms with van der Waals surface area (Å²) >= 11 is 0. The lowest BCUT2D eigenvalue weighted by Crippen LogP contribution is -2.39. The van der Waals surface area contributed by atoms with Gasteiger partial charge in [0.25, 0.3) is 0 Å². The minimum absolute atomic E-state index is 0.104. The van der Waals surface area contributed by atoms with Gasteiger partial charge in [0.2, 0.25) is 0 Å². The summed E-state index contributed by atoms with van der Waals surface area (Å²) in [7, 11) is 0. The topological polar surface area (TPSA) is 81.0 Å². The highest BCUT2D eigenvalue weighted by molar-refractivity contribution is 6.01. The summed E-state index contributed by atoms with van der Waals surface area (Å²) in [6.07, 6.45) is 2.73. The smallest absolute Gasteiger partial charge is 0.319 e. The number of urea groups is 1. The van der Waals surface area contributed by atoms with Gasteiger partial charge in [-0.15, -0.1) is 0 Å². The molecule has 0 radical (unpaired) electrons. The van der Waals surface area contributed by atoms with Gasteiger partial charge in [0.1, 0.15) is 0 Å². The van der Waals surface area contributed by atoms with Crippen LogP contribution in [-0.2, 0) is 6.54 Å². The quantitative estimate of drug-likeness (QED) is 0.716. The normalized spacial score (nSPS) is 16.5. The molecule has 1 atom stereocenters. The van der Waals surface area contributed by atoms with Gasteiger partial charge < -0.3 is 10.6 Å². The van der Waals surface area contributed by atoms with Gasteiger partial charge in [-0.25, -0.2) is 4.79 Å². The number of rotatable bonds is 4. The van der Waals surface area contributed by atoms with E-state index in [0.717, 1.165) is 53.8 Å². The van der Waals surface area contributed by atoms with Crippen LogP contribution in [0.15, 0.2) is 54.7 Å². The van der Waals surface area contributed by atoms with E-state index < -0.39 is 0 Å². The van der Waals surface area contributed by atoms with E-state index in [1.807, 2.05) is 61.7 Å². The van der Waals surface area contributed by atoms with Crippen molar-refractivity contribution in [3.05, 3.63) is 71.5 Å². The Kier molecular flexibility index (Phi) is 5.41. The third kappa shape index (κ3) is 4.53. The van der Waals surface area contributed by atoms with E-state index in [1.165, 1.54) is 0 Å². The molecule has 0 aliphatic carbocycles. The summed E-state index contributed by atoms with van der Waals surface area (Å²) in [5.41, 5.74) is 3.50. The molecule has 4 rings (SSSR count). The van der Waals surface area contributed by atoms with Crippen LogP contribution in [0, 0.1) is 18.3 Å². The number of hydrogen-bond donors (Lipinski definition) is 2. The fourth-order valence-corrected chi connectivity index (χ4v) is 3.82. The maximum absolute atomic E-state index is 12.6. The molecule has 0 saturated carbocycles. The Labute approximate surface area is 170 Å². The second-order valence-electron chi connectivity index (χ2n) is 7.48. The van der Waals surface area contributed by atoms with Crippen molar-refractivity contribution in [3.8, 4) is 6.07 Å². The number of likely N-dealkylation sites (tertiary alicyclic amines) is 1. The van der Waals surface area contributed by atoms with Crippen molar-refractivity contribution < 1.29 is 4.79 Å². The second-order valence-corrected chi connectivity index (χ2v) is 7.48. The predicted octanol–water partition coefficient (Wildman–Crippen LogP) is 3.81. The first-order valence-corrected chi connectivity index (χ1v) is 9.75. The zero-order chi connectivity index (χ0) is 20.2. The van der Waals surface area contributed by atoms with Crippen molar-refractivity contribution >= 4 is 22.5 Å². The van der Waals surface area contributed by atoms with E-state index in [2.05, 4.69) is 26.6 Å². The van der Waals surface area contributed by atoms with E-state index in [9.17, 15) is 4.79 Å². The van der Waals surface area contributed by atoms with Crippen LogP contribution in [-0.4, -0.2) is 35.0 Å². The molecule has 2 heterocycles. The third-order valence-corrected chi connectivity index (χ3v) is 5.22. The molecule has 1 unspecified atom stereocenters.